The van der Waals surface area contributed by atoms with Crippen LogP contribution in [0.25, 0.3) is 0 Å². The van der Waals surface area contributed by atoms with Crippen molar-refractivity contribution in [2.24, 2.45) is 0 Å². The van der Waals surface area contributed by atoms with E-state index in [1.165, 1.54) is 21.4 Å². The van der Waals surface area contributed by atoms with Crippen molar-refractivity contribution in [3.05, 3.63) is 12.4 Å². The van der Waals surface area contributed by atoms with Gasteiger partial charge in [-0.15, -0.1) is 6.42 Å². The summed E-state index contributed by atoms with van der Waals surface area (Å²) in [5, 5.41) is 12.6. The molecule has 7 heteroatoms. The van der Waals surface area contributed by atoms with Crippen molar-refractivity contribution in [2.75, 3.05) is 19.7 Å². The quantitative estimate of drug-likeness (QED) is 0.703. The maximum absolute atomic E-state index is 12.2. The third-order valence-electron chi connectivity index (χ3n) is 2.41. The predicted octanol–water partition coefficient (Wildman–Crippen LogP) is -0.0907. The molecule has 100 valence electrons. The van der Waals surface area contributed by atoms with E-state index in [9.17, 15) is 8.42 Å². The zero-order chi connectivity index (χ0) is 13.6. The van der Waals surface area contributed by atoms with Crippen LogP contribution in [-0.4, -0.2) is 47.3 Å². The van der Waals surface area contributed by atoms with E-state index in [1.807, 2.05) is 0 Å². The zero-order valence-corrected chi connectivity index (χ0v) is 11.1. The number of hydrogen-bond acceptors (Lipinski definition) is 4. The van der Waals surface area contributed by atoms with Gasteiger partial charge in [-0.3, -0.25) is 4.68 Å². The summed E-state index contributed by atoms with van der Waals surface area (Å²) in [6.45, 7) is 2.60. The largest absolute Gasteiger partial charge is 0.396 e. The van der Waals surface area contributed by atoms with E-state index < -0.39 is 10.0 Å². The van der Waals surface area contributed by atoms with Gasteiger partial charge in [0.15, 0.2) is 0 Å². The average Bonchev–Trinajstić information content (AvgIpc) is 2.82. The van der Waals surface area contributed by atoms with E-state index in [0.29, 0.717) is 19.5 Å². The molecule has 6 nitrogen and oxygen atoms in total. The van der Waals surface area contributed by atoms with E-state index in [2.05, 4.69) is 11.0 Å². The molecule has 1 aromatic rings. The zero-order valence-electron chi connectivity index (χ0n) is 10.3. The van der Waals surface area contributed by atoms with Crippen molar-refractivity contribution in [2.45, 2.75) is 24.8 Å². The normalized spacial score (nSPS) is 11.7. The molecule has 1 rings (SSSR count). The van der Waals surface area contributed by atoms with Crippen LogP contribution in [-0.2, 0) is 16.6 Å². The lowest BCUT2D eigenvalue weighted by Crippen LogP contribution is -2.31. The number of rotatable bonds is 7. The fourth-order valence-electron chi connectivity index (χ4n) is 1.45. The molecule has 1 heterocycles. The highest BCUT2D eigenvalue weighted by molar-refractivity contribution is 7.89. The van der Waals surface area contributed by atoms with Crippen LogP contribution in [0.2, 0.25) is 0 Å². The van der Waals surface area contributed by atoms with Gasteiger partial charge in [0.25, 0.3) is 0 Å². The van der Waals surface area contributed by atoms with Crippen LogP contribution in [0.15, 0.2) is 17.3 Å². The molecule has 0 aromatic carbocycles. The average molecular weight is 271 g/mol. The van der Waals surface area contributed by atoms with Gasteiger partial charge in [0.05, 0.1) is 12.7 Å². The van der Waals surface area contributed by atoms with Gasteiger partial charge in [-0.05, 0) is 6.42 Å². The van der Waals surface area contributed by atoms with E-state index in [-0.39, 0.29) is 18.0 Å². The second kappa shape index (κ2) is 6.54. The van der Waals surface area contributed by atoms with E-state index in [0.717, 1.165) is 0 Å². The van der Waals surface area contributed by atoms with E-state index in [1.54, 1.807) is 6.92 Å². The van der Waals surface area contributed by atoms with Gasteiger partial charge < -0.3 is 5.11 Å². The highest BCUT2D eigenvalue weighted by atomic mass is 32.2. The second-order valence-corrected chi connectivity index (χ2v) is 5.59. The molecular formula is C11H17N3O3S. The van der Waals surface area contributed by atoms with Gasteiger partial charge in [0.1, 0.15) is 4.90 Å². The first-order valence-electron chi connectivity index (χ1n) is 5.63. The van der Waals surface area contributed by atoms with Crippen LogP contribution < -0.4 is 0 Å². The van der Waals surface area contributed by atoms with Gasteiger partial charge in [-0.1, -0.05) is 12.8 Å². The fourth-order valence-corrected chi connectivity index (χ4v) is 2.77. The standard InChI is InChI=1S/C11H17N3O3S/c1-3-6-14(4-2)18(16,17)11-9-12-13(10-11)7-5-8-15/h1,9-10,15H,4-8H2,2H3. The van der Waals surface area contributed by atoms with Crippen molar-refractivity contribution in [3.8, 4) is 12.3 Å². The molecule has 0 atom stereocenters. The molecule has 0 aliphatic rings. The summed E-state index contributed by atoms with van der Waals surface area (Å²) in [6, 6.07) is 0. The first-order valence-corrected chi connectivity index (χ1v) is 7.07. The third-order valence-corrected chi connectivity index (χ3v) is 4.29. The van der Waals surface area contributed by atoms with Crippen LogP contribution in [0.3, 0.4) is 0 Å². The number of hydrogen-bond donors (Lipinski definition) is 1. The summed E-state index contributed by atoms with van der Waals surface area (Å²) in [6.07, 6.45) is 8.42. The van der Waals surface area contributed by atoms with Crippen LogP contribution in [0.5, 0.6) is 0 Å². The SMILES string of the molecule is C#CCN(CC)S(=O)(=O)c1cnn(CCCO)c1. The minimum absolute atomic E-state index is 0.0418. The Morgan fingerprint density at radius 1 is 1.61 bits per heavy atom. The van der Waals surface area contributed by atoms with Crippen molar-refractivity contribution in [1.29, 1.82) is 0 Å². The summed E-state index contributed by atoms with van der Waals surface area (Å²) < 4.78 is 27.0. The van der Waals surface area contributed by atoms with Crippen molar-refractivity contribution in [1.82, 2.24) is 14.1 Å². The van der Waals surface area contributed by atoms with Gasteiger partial charge in [-0.2, -0.15) is 9.40 Å². The van der Waals surface area contributed by atoms with Crippen LogP contribution in [0, 0.1) is 12.3 Å². The highest BCUT2D eigenvalue weighted by Crippen LogP contribution is 2.14. The molecule has 0 fully saturated rings. The van der Waals surface area contributed by atoms with Crippen molar-refractivity contribution < 1.29 is 13.5 Å². The van der Waals surface area contributed by atoms with Gasteiger partial charge in [0, 0.05) is 25.9 Å². The summed E-state index contributed by atoms with van der Waals surface area (Å²) >= 11 is 0. The maximum Gasteiger partial charge on any atom is 0.247 e. The summed E-state index contributed by atoms with van der Waals surface area (Å²) in [4.78, 5) is 0.123. The molecule has 0 saturated heterocycles. The monoisotopic (exact) mass is 271 g/mol. The van der Waals surface area contributed by atoms with Crippen molar-refractivity contribution in [3.63, 3.8) is 0 Å². The Morgan fingerprint density at radius 3 is 2.89 bits per heavy atom. The van der Waals surface area contributed by atoms with Gasteiger partial charge in [0.2, 0.25) is 10.0 Å². The number of nitrogens with zero attached hydrogens (tertiary/aromatic N) is 3. The molecular weight excluding hydrogens is 254 g/mol. The summed E-state index contributed by atoms with van der Waals surface area (Å²) in [7, 11) is -3.57. The maximum atomic E-state index is 12.2. The number of terminal acetylenes is 1. The fraction of sp³-hybridized carbons (Fsp3) is 0.545. The molecule has 0 aliphatic heterocycles. The number of sulfonamides is 1. The Morgan fingerprint density at radius 2 is 2.33 bits per heavy atom. The molecule has 0 bridgehead atoms. The molecule has 0 unspecified atom stereocenters. The Bertz CT molecular complexity index is 516. The van der Waals surface area contributed by atoms with E-state index in [4.69, 9.17) is 11.5 Å². The molecule has 0 spiro atoms. The smallest absolute Gasteiger partial charge is 0.247 e. The number of aliphatic hydroxyl groups excluding tert-OH is 1. The Labute approximate surface area is 107 Å². The van der Waals surface area contributed by atoms with E-state index >= 15 is 0 Å². The Kier molecular flexibility index (Phi) is 5.34. The molecule has 0 aliphatic carbocycles. The minimum atomic E-state index is -3.57. The molecule has 1 N–H and O–H groups in total. The lowest BCUT2D eigenvalue weighted by atomic mass is 10.5. The van der Waals surface area contributed by atoms with Gasteiger partial charge in [-0.25, -0.2) is 8.42 Å². The first kappa shape index (κ1) is 14.7. The molecule has 18 heavy (non-hydrogen) atoms. The molecule has 0 radical (unpaired) electrons. The van der Waals surface area contributed by atoms with Crippen LogP contribution >= 0.6 is 0 Å². The van der Waals surface area contributed by atoms with Gasteiger partial charge >= 0.3 is 0 Å². The lowest BCUT2D eigenvalue weighted by molar-refractivity contribution is 0.277. The molecule has 0 amide bonds. The second-order valence-electron chi connectivity index (χ2n) is 3.65. The molecule has 1 aromatic heterocycles. The number of aryl methyl sites for hydroxylation is 1. The van der Waals surface area contributed by atoms with Crippen LogP contribution in [0.4, 0.5) is 0 Å². The predicted molar refractivity (Wildman–Crippen MR) is 67.2 cm³/mol. The molecule has 0 saturated carbocycles. The summed E-state index contributed by atoms with van der Waals surface area (Å²) in [5.41, 5.74) is 0. The number of aromatic nitrogens is 2. The lowest BCUT2D eigenvalue weighted by Gasteiger charge is -2.16. The Hall–Kier alpha value is -1.36. The number of aliphatic hydroxyl groups is 1. The van der Waals surface area contributed by atoms with Crippen molar-refractivity contribution >= 4 is 10.0 Å². The minimum Gasteiger partial charge on any atom is -0.396 e. The third kappa shape index (κ3) is 3.32. The first-order chi connectivity index (χ1) is 8.56. The highest BCUT2D eigenvalue weighted by Gasteiger charge is 2.23. The van der Waals surface area contributed by atoms with Crippen LogP contribution in [0.1, 0.15) is 13.3 Å². The topological polar surface area (TPSA) is 75.4 Å². The summed E-state index contributed by atoms with van der Waals surface area (Å²) in [5.74, 6) is 2.32. The Balaban J connectivity index is 2.91.